The first-order chi connectivity index (χ1) is 14.7. The number of hydrogen-bond donors (Lipinski definition) is 7. The Balaban J connectivity index is 3.07. The van der Waals surface area contributed by atoms with Crippen molar-refractivity contribution in [3.63, 3.8) is 0 Å². The van der Waals surface area contributed by atoms with Gasteiger partial charge in [0.2, 0.25) is 11.8 Å². The van der Waals surface area contributed by atoms with E-state index in [-0.39, 0.29) is 31.7 Å². The van der Waals surface area contributed by atoms with E-state index >= 15 is 0 Å². The number of carboxylic acids is 1. The van der Waals surface area contributed by atoms with Crippen LogP contribution in [0.2, 0.25) is 0 Å². The molecule has 2 atom stereocenters. The molecule has 0 aliphatic rings. The van der Waals surface area contributed by atoms with E-state index in [1.165, 1.54) is 12.1 Å². The van der Waals surface area contributed by atoms with Gasteiger partial charge in [-0.05, 0) is 29.5 Å². The van der Waals surface area contributed by atoms with Gasteiger partial charge in [0, 0.05) is 24.9 Å². The van der Waals surface area contributed by atoms with Crippen LogP contribution in [0, 0.1) is 10.8 Å². The Morgan fingerprint density at radius 2 is 1.53 bits per heavy atom. The summed E-state index contributed by atoms with van der Waals surface area (Å²) >= 11 is 0. The number of phenols is 1. The lowest BCUT2D eigenvalue weighted by molar-refractivity contribution is -0.143. The molecule has 0 saturated heterocycles. The molecule has 1 aromatic carbocycles. The highest BCUT2D eigenvalue weighted by Crippen LogP contribution is 2.36. The van der Waals surface area contributed by atoms with Gasteiger partial charge in [0.1, 0.15) is 17.8 Å². The largest absolute Gasteiger partial charge is 0.508 e. The zero-order chi connectivity index (χ0) is 24.7. The molecule has 0 aliphatic heterocycles. The van der Waals surface area contributed by atoms with E-state index in [1.54, 1.807) is 39.8 Å². The molecule has 0 aromatic heterocycles. The van der Waals surface area contributed by atoms with Gasteiger partial charge in [-0.1, -0.05) is 39.8 Å². The highest BCUT2D eigenvalue weighted by Gasteiger charge is 2.41. The third kappa shape index (κ3) is 7.77. The second kappa shape index (κ2) is 11.3. The summed E-state index contributed by atoms with van der Waals surface area (Å²) in [4.78, 5) is 37.4. The van der Waals surface area contributed by atoms with Crippen molar-refractivity contribution in [3.8, 4) is 5.75 Å². The number of carbonyl (C=O) groups excluding carboxylic acids is 2. The minimum Gasteiger partial charge on any atom is -0.508 e. The molecule has 32 heavy (non-hydrogen) atoms. The summed E-state index contributed by atoms with van der Waals surface area (Å²) in [5.41, 5.74) is 15.9. The second-order valence-corrected chi connectivity index (χ2v) is 9.44. The van der Waals surface area contributed by atoms with Crippen molar-refractivity contribution >= 4 is 17.8 Å². The lowest BCUT2D eigenvalue weighted by Crippen LogP contribution is -2.56. The Morgan fingerprint density at radius 1 is 1.00 bits per heavy atom. The molecule has 10 nitrogen and oxygen atoms in total. The summed E-state index contributed by atoms with van der Waals surface area (Å²) in [6.07, 6.45) is 0.356. The van der Waals surface area contributed by atoms with Crippen molar-refractivity contribution in [1.29, 1.82) is 0 Å². The molecule has 1 aromatic rings. The highest BCUT2D eigenvalue weighted by atomic mass is 16.4. The van der Waals surface area contributed by atoms with Gasteiger partial charge in [-0.3, -0.25) is 14.4 Å². The summed E-state index contributed by atoms with van der Waals surface area (Å²) in [6.45, 7) is 7.03. The van der Waals surface area contributed by atoms with Gasteiger partial charge in [0.05, 0.1) is 6.04 Å². The standard InChI is InChI=1S/C22H37N5O5/c1-21(2,17(25)19(30)31)12-22(3,4)20(32)27-16(18(29)26-14(10-23)11-24)9-13-5-7-15(28)8-6-13/h5-8,14,16-17,28H,9-12,23-25H2,1-4H3,(H,26,29)(H,27,32)(H,30,31). The first kappa shape index (κ1) is 27.3. The molecule has 10 heteroatoms. The van der Waals surface area contributed by atoms with E-state index in [0.29, 0.717) is 0 Å². The first-order valence-electron chi connectivity index (χ1n) is 10.5. The SMILES string of the molecule is CC(C)(CC(C)(C)C(N)C(=O)O)C(=O)NC(Cc1ccc(O)cc1)C(=O)NC(CN)CN. The number of phenolic OH excluding ortho intramolecular Hbond substituents is 1. The monoisotopic (exact) mass is 451 g/mol. The van der Waals surface area contributed by atoms with Crippen LogP contribution in [-0.2, 0) is 20.8 Å². The Bertz CT molecular complexity index is 790. The van der Waals surface area contributed by atoms with Gasteiger partial charge in [-0.15, -0.1) is 0 Å². The number of benzene rings is 1. The Morgan fingerprint density at radius 3 is 2.00 bits per heavy atom. The summed E-state index contributed by atoms with van der Waals surface area (Å²) in [7, 11) is 0. The van der Waals surface area contributed by atoms with Crippen LogP contribution in [0.3, 0.4) is 0 Å². The van der Waals surface area contributed by atoms with Gasteiger partial charge in [-0.25, -0.2) is 0 Å². The van der Waals surface area contributed by atoms with Crippen molar-refractivity contribution in [2.45, 2.75) is 58.7 Å². The lowest BCUT2D eigenvalue weighted by Gasteiger charge is -2.37. The number of carbonyl (C=O) groups is 3. The van der Waals surface area contributed by atoms with Crippen molar-refractivity contribution in [2.24, 2.45) is 28.0 Å². The fourth-order valence-corrected chi connectivity index (χ4v) is 3.61. The van der Waals surface area contributed by atoms with Gasteiger partial charge in [-0.2, -0.15) is 0 Å². The maximum atomic E-state index is 13.2. The molecular formula is C22H37N5O5. The molecule has 0 spiro atoms. The average Bonchev–Trinajstić information content (AvgIpc) is 2.71. The van der Waals surface area contributed by atoms with E-state index < -0.39 is 46.7 Å². The van der Waals surface area contributed by atoms with E-state index in [4.69, 9.17) is 17.2 Å². The van der Waals surface area contributed by atoms with Crippen molar-refractivity contribution in [3.05, 3.63) is 29.8 Å². The summed E-state index contributed by atoms with van der Waals surface area (Å²) in [6, 6.07) is 3.78. The average molecular weight is 452 g/mol. The Kier molecular flexibility index (Phi) is 9.62. The third-order valence-electron chi connectivity index (χ3n) is 5.53. The highest BCUT2D eigenvalue weighted by molar-refractivity contribution is 5.90. The van der Waals surface area contributed by atoms with Crippen LogP contribution in [0.4, 0.5) is 0 Å². The Labute approximate surface area is 188 Å². The van der Waals surface area contributed by atoms with Crippen LogP contribution in [0.25, 0.3) is 0 Å². The molecule has 2 amide bonds. The molecule has 1 rings (SSSR count). The quantitative estimate of drug-likeness (QED) is 0.224. The maximum absolute atomic E-state index is 13.2. The summed E-state index contributed by atoms with van der Waals surface area (Å²) < 4.78 is 0. The molecular weight excluding hydrogens is 414 g/mol. The number of nitrogens with one attached hydrogen (secondary N) is 2. The molecule has 180 valence electrons. The topological polar surface area (TPSA) is 194 Å². The number of aromatic hydroxyl groups is 1. The van der Waals surface area contributed by atoms with Gasteiger partial charge < -0.3 is 38.0 Å². The van der Waals surface area contributed by atoms with Crippen LogP contribution in [0.1, 0.15) is 39.7 Å². The number of aliphatic carboxylic acids is 1. The van der Waals surface area contributed by atoms with Gasteiger partial charge in [0.15, 0.2) is 0 Å². The van der Waals surface area contributed by atoms with E-state index in [1.807, 2.05) is 0 Å². The van der Waals surface area contributed by atoms with Crippen LogP contribution in [0.5, 0.6) is 5.75 Å². The first-order valence-corrected chi connectivity index (χ1v) is 10.5. The van der Waals surface area contributed by atoms with Crippen molar-refractivity contribution in [1.82, 2.24) is 10.6 Å². The summed E-state index contributed by atoms with van der Waals surface area (Å²) in [5.74, 6) is -1.92. The van der Waals surface area contributed by atoms with Crippen molar-refractivity contribution < 1.29 is 24.6 Å². The number of nitrogens with two attached hydrogens (primary N) is 3. The predicted octanol–water partition coefficient (Wildman–Crippen LogP) is -0.324. The summed E-state index contributed by atoms with van der Waals surface area (Å²) in [5, 5.41) is 24.3. The molecule has 0 heterocycles. The molecule has 0 fully saturated rings. The fraction of sp³-hybridized carbons (Fsp3) is 0.591. The molecule has 0 bridgehead atoms. The number of carboxylic acid groups (broad SMARTS) is 1. The molecule has 10 N–H and O–H groups in total. The zero-order valence-corrected chi connectivity index (χ0v) is 19.2. The van der Waals surface area contributed by atoms with Crippen molar-refractivity contribution in [2.75, 3.05) is 13.1 Å². The number of rotatable bonds is 12. The molecule has 0 radical (unpaired) electrons. The van der Waals surface area contributed by atoms with Crippen LogP contribution < -0.4 is 27.8 Å². The molecule has 0 saturated carbocycles. The predicted molar refractivity (Wildman–Crippen MR) is 122 cm³/mol. The van der Waals surface area contributed by atoms with E-state index in [9.17, 15) is 24.6 Å². The van der Waals surface area contributed by atoms with E-state index in [0.717, 1.165) is 5.56 Å². The van der Waals surface area contributed by atoms with E-state index in [2.05, 4.69) is 10.6 Å². The number of hydrogen-bond acceptors (Lipinski definition) is 7. The molecule has 0 aliphatic carbocycles. The smallest absolute Gasteiger partial charge is 0.321 e. The second-order valence-electron chi connectivity index (χ2n) is 9.44. The van der Waals surface area contributed by atoms with Crippen LogP contribution in [-0.4, -0.2) is 59.2 Å². The van der Waals surface area contributed by atoms with Gasteiger partial charge in [0.25, 0.3) is 0 Å². The zero-order valence-electron chi connectivity index (χ0n) is 19.2. The van der Waals surface area contributed by atoms with Crippen LogP contribution in [0.15, 0.2) is 24.3 Å². The minimum atomic E-state index is -1.15. The normalized spacial score (nSPS) is 14.0. The van der Waals surface area contributed by atoms with Gasteiger partial charge >= 0.3 is 5.97 Å². The third-order valence-corrected chi connectivity index (χ3v) is 5.53. The van der Waals surface area contributed by atoms with Crippen LogP contribution >= 0.6 is 0 Å². The Hall–Kier alpha value is -2.69. The number of amides is 2. The lowest BCUT2D eigenvalue weighted by atomic mass is 9.70. The fourth-order valence-electron chi connectivity index (χ4n) is 3.61. The molecule has 2 unspecified atom stereocenters. The minimum absolute atomic E-state index is 0.0863. The maximum Gasteiger partial charge on any atom is 0.321 e.